The third-order valence-electron chi connectivity index (χ3n) is 3.03. The summed E-state index contributed by atoms with van der Waals surface area (Å²) in [6.45, 7) is 0. The number of halogens is 2. The molecule has 0 aliphatic carbocycles. The van der Waals surface area contributed by atoms with E-state index in [1.807, 2.05) is 0 Å². The van der Waals surface area contributed by atoms with Gasteiger partial charge >= 0.3 is 0 Å². The Bertz CT molecular complexity index is 896. The normalized spacial score (nSPS) is 10.5. The quantitative estimate of drug-likeness (QED) is 0.680. The molecule has 3 rings (SSSR count). The fourth-order valence-electron chi connectivity index (χ4n) is 1.93. The van der Waals surface area contributed by atoms with Crippen LogP contribution in [-0.4, -0.2) is 16.8 Å². The van der Waals surface area contributed by atoms with Gasteiger partial charge in [0.1, 0.15) is 4.88 Å². The zero-order valence-electron chi connectivity index (χ0n) is 11.5. The van der Waals surface area contributed by atoms with Crippen LogP contribution >= 0.6 is 34.5 Å². The van der Waals surface area contributed by atoms with Crippen molar-refractivity contribution in [1.82, 2.24) is 15.8 Å². The molecule has 0 spiro atoms. The lowest BCUT2D eigenvalue weighted by molar-refractivity contribution is 0.0849. The number of nitrogens with one attached hydrogen (secondary N) is 2. The van der Waals surface area contributed by atoms with Crippen LogP contribution in [0.3, 0.4) is 0 Å². The number of pyridine rings is 1. The molecule has 0 radical (unpaired) electrons. The van der Waals surface area contributed by atoms with Crippen LogP contribution in [0.5, 0.6) is 0 Å². The topological polar surface area (TPSA) is 71.1 Å². The van der Waals surface area contributed by atoms with Crippen LogP contribution in [-0.2, 0) is 0 Å². The van der Waals surface area contributed by atoms with Crippen molar-refractivity contribution in [2.75, 3.05) is 0 Å². The predicted molar refractivity (Wildman–Crippen MR) is 91.0 cm³/mol. The number of fused-ring (bicyclic) bond motifs is 1. The van der Waals surface area contributed by atoms with E-state index in [1.54, 1.807) is 18.2 Å². The number of hydrazine groups is 1. The third kappa shape index (κ3) is 3.29. The fraction of sp³-hybridized carbons (Fsp3) is 0. The number of nitrogens with zero attached hydrogens (tertiary/aromatic N) is 1. The fourth-order valence-corrected chi connectivity index (χ4v) is 3.62. The summed E-state index contributed by atoms with van der Waals surface area (Å²) in [6, 6.07) is 8.27. The Morgan fingerprint density at radius 1 is 1.00 bits per heavy atom. The maximum Gasteiger partial charge on any atom is 0.281 e. The minimum atomic E-state index is -0.491. The molecular formula is C15H9Cl2N3O2S. The SMILES string of the molecule is O=C(NNC(=O)c1sc2cc(Cl)ccc2c1Cl)c1ccncc1. The van der Waals surface area contributed by atoms with Gasteiger partial charge in [-0.25, -0.2) is 0 Å². The van der Waals surface area contributed by atoms with E-state index in [4.69, 9.17) is 23.2 Å². The van der Waals surface area contributed by atoms with E-state index in [2.05, 4.69) is 15.8 Å². The van der Waals surface area contributed by atoms with Gasteiger partial charge in [-0.3, -0.25) is 25.4 Å². The summed E-state index contributed by atoms with van der Waals surface area (Å²) in [7, 11) is 0. The largest absolute Gasteiger partial charge is 0.281 e. The first-order valence-electron chi connectivity index (χ1n) is 6.44. The summed E-state index contributed by atoms with van der Waals surface area (Å²) in [6.07, 6.45) is 2.98. The summed E-state index contributed by atoms with van der Waals surface area (Å²) in [4.78, 5) is 28.2. The van der Waals surface area contributed by atoms with Crippen molar-refractivity contribution in [3.05, 3.63) is 63.2 Å². The first kappa shape index (κ1) is 15.7. The average molecular weight is 366 g/mol. The number of amides is 2. The molecule has 0 atom stereocenters. The Balaban J connectivity index is 1.76. The zero-order chi connectivity index (χ0) is 16.4. The predicted octanol–water partition coefficient (Wildman–Crippen LogP) is 3.68. The number of hydrogen-bond acceptors (Lipinski definition) is 4. The average Bonchev–Trinajstić information content (AvgIpc) is 2.89. The molecule has 8 heteroatoms. The number of benzene rings is 1. The Morgan fingerprint density at radius 3 is 2.43 bits per heavy atom. The molecule has 5 nitrogen and oxygen atoms in total. The van der Waals surface area contributed by atoms with Crippen molar-refractivity contribution in [2.24, 2.45) is 0 Å². The number of hydrogen-bond donors (Lipinski definition) is 2. The van der Waals surface area contributed by atoms with E-state index < -0.39 is 11.8 Å². The van der Waals surface area contributed by atoms with Gasteiger partial charge in [0, 0.05) is 33.1 Å². The molecule has 2 aromatic heterocycles. The number of thiophene rings is 1. The van der Waals surface area contributed by atoms with Gasteiger partial charge in [-0.05, 0) is 24.3 Å². The van der Waals surface area contributed by atoms with Crippen LogP contribution in [0.4, 0.5) is 0 Å². The summed E-state index contributed by atoms with van der Waals surface area (Å²) >= 11 is 13.4. The molecule has 0 saturated carbocycles. The monoisotopic (exact) mass is 365 g/mol. The first-order chi connectivity index (χ1) is 11.1. The Kier molecular flexibility index (Phi) is 4.47. The second kappa shape index (κ2) is 6.54. The van der Waals surface area contributed by atoms with E-state index in [0.717, 1.165) is 10.1 Å². The van der Waals surface area contributed by atoms with Crippen LogP contribution in [0, 0.1) is 0 Å². The van der Waals surface area contributed by atoms with Crippen molar-refractivity contribution in [1.29, 1.82) is 0 Å². The molecule has 2 N–H and O–H groups in total. The van der Waals surface area contributed by atoms with E-state index in [9.17, 15) is 9.59 Å². The van der Waals surface area contributed by atoms with Crippen molar-refractivity contribution in [3.63, 3.8) is 0 Å². The number of rotatable bonds is 2. The smallest absolute Gasteiger partial charge is 0.267 e. The highest BCUT2D eigenvalue weighted by Gasteiger charge is 2.18. The van der Waals surface area contributed by atoms with E-state index >= 15 is 0 Å². The molecule has 2 heterocycles. The maximum absolute atomic E-state index is 12.2. The van der Waals surface area contributed by atoms with Crippen LogP contribution < -0.4 is 10.9 Å². The minimum absolute atomic E-state index is 0.305. The maximum atomic E-state index is 12.2. The molecule has 2 amide bonds. The van der Waals surface area contributed by atoms with Crippen LogP contribution in [0.15, 0.2) is 42.7 Å². The summed E-state index contributed by atoms with van der Waals surface area (Å²) in [5.41, 5.74) is 5.07. The Morgan fingerprint density at radius 2 is 1.70 bits per heavy atom. The van der Waals surface area contributed by atoms with Gasteiger partial charge in [-0.1, -0.05) is 29.3 Å². The molecule has 0 fully saturated rings. The summed E-state index contributed by atoms with van der Waals surface area (Å²) < 4.78 is 0.799. The van der Waals surface area contributed by atoms with Crippen molar-refractivity contribution < 1.29 is 9.59 Å². The number of carbonyl (C=O) groups excluding carboxylic acids is 2. The number of aromatic nitrogens is 1. The van der Waals surface area contributed by atoms with E-state index in [1.165, 1.54) is 35.9 Å². The highest BCUT2D eigenvalue weighted by atomic mass is 35.5. The van der Waals surface area contributed by atoms with Crippen LogP contribution in [0.2, 0.25) is 10.0 Å². The summed E-state index contributed by atoms with van der Waals surface area (Å²) in [5, 5.41) is 1.64. The molecule has 0 saturated heterocycles. The van der Waals surface area contributed by atoms with Gasteiger partial charge < -0.3 is 0 Å². The molecule has 0 aliphatic heterocycles. The Labute approximate surface area is 145 Å². The highest BCUT2D eigenvalue weighted by molar-refractivity contribution is 7.21. The van der Waals surface area contributed by atoms with Crippen molar-refractivity contribution >= 4 is 56.4 Å². The molecule has 0 aliphatic rings. The molecule has 0 unspecified atom stereocenters. The third-order valence-corrected chi connectivity index (χ3v) is 4.92. The van der Waals surface area contributed by atoms with Crippen LogP contribution in [0.1, 0.15) is 20.0 Å². The van der Waals surface area contributed by atoms with Gasteiger partial charge in [-0.15, -0.1) is 11.3 Å². The summed E-state index contributed by atoms with van der Waals surface area (Å²) in [5.74, 6) is -0.934. The molecule has 0 bridgehead atoms. The van der Waals surface area contributed by atoms with Gasteiger partial charge in [0.05, 0.1) is 5.02 Å². The van der Waals surface area contributed by atoms with Gasteiger partial charge in [0.15, 0.2) is 0 Å². The van der Waals surface area contributed by atoms with E-state index in [0.29, 0.717) is 20.5 Å². The van der Waals surface area contributed by atoms with Gasteiger partial charge in [0.25, 0.3) is 11.8 Å². The molecule has 3 aromatic rings. The van der Waals surface area contributed by atoms with Gasteiger partial charge in [0.2, 0.25) is 0 Å². The Hall–Kier alpha value is -2.15. The standard InChI is InChI=1S/C15H9Cl2N3O2S/c16-9-1-2-10-11(7-9)23-13(12(10)17)15(22)20-19-14(21)8-3-5-18-6-4-8/h1-7H,(H,19,21)(H,20,22). The molecule has 23 heavy (non-hydrogen) atoms. The molecular weight excluding hydrogens is 357 g/mol. The molecule has 116 valence electrons. The zero-order valence-corrected chi connectivity index (χ0v) is 13.8. The second-order valence-electron chi connectivity index (χ2n) is 4.53. The molecule has 1 aromatic carbocycles. The lowest BCUT2D eigenvalue weighted by Crippen LogP contribution is -2.41. The van der Waals surface area contributed by atoms with Crippen molar-refractivity contribution in [2.45, 2.75) is 0 Å². The van der Waals surface area contributed by atoms with E-state index in [-0.39, 0.29) is 0 Å². The second-order valence-corrected chi connectivity index (χ2v) is 6.40. The van der Waals surface area contributed by atoms with Crippen molar-refractivity contribution in [3.8, 4) is 0 Å². The van der Waals surface area contributed by atoms with Gasteiger partial charge in [-0.2, -0.15) is 0 Å². The minimum Gasteiger partial charge on any atom is -0.267 e. The lowest BCUT2D eigenvalue weighted by Gasteiger charge is -2.06. The number of carbonyl (C=O) groups is 2. The van der Waals surface area contributed by atoms with Crippen LogP contribution in [0.25, 0.3) is 10.1 Å². The highest BCUT2D eigenvalue weighted by Crippen LogP contribution is 2.36. The lowest BCUT2D eigenvalue weighted by atomic mass is 10.2. The first-order valence-corrected chi connectivity index (χ1v) is 8.02.